The van der Waals surface area contributed by atoms with Crippen LogP contribution in [-0.2, 0) is 9.47 Å². The van der Waals surface area contributed by atoms with Crippen LogP contribution in [0.15, 0.2) is 28.7 Å². The molecule has 0 aromatic heterocycles. The van der Waals surface area contributed by atoms with Crippen LogP contribution in [-0.4, -0.2) is 32.1 Å². The van der Waals surface area contributed by atoms with E-state index in [9.17, 15) is 0 Å². The summed E-state index contributed by atoms with van der Waals surface area (Å²) >= 11 is 3.63. The van der Waals surface area contributed by atoms with Crippen molar-refractivity contribution in [3.05, 3.63) is 34.3 Å². The van der Waals surface area contributed by atoms with E-state index < -0.39 is 0 Å². The van der Waals surface area contributed by atoms with Crippen LogP contribution in [0.5, 0.6) is 0 Å². The van der Waals surface area contributed by atoms with E-state index in [0.717, 1.165) is 6.54 Å². The summed E-state index contributed by atoms with van der Waals surface area (Å²) in [4.78, 5) is 0. The van der Waals surface area contributed by atoms with Gasteiger partial charge in [0.2, 0.25) is 0 Å². The molecule has 0 atom stereocenters. The third kappa shape index (κ3) is 4.29. The van der Waals surface area contributed by atoms with Crippen molar-refractivity contribution in [1.29, 1.82) is 0 Å². The Balaban J connectivity index is 1.72. The van der Waals surface area contributed by atoms with Crippen molar-refractivity contribution in [2.45, 2.75) is 44.9 Å². The average Bonchev–Trinajstić information content (AvgIpc) is 2.39. The van der Waals surface area contributed by atoms with Gasteiger partial charge in [-0.25, -0.2) is 0 Å². The first-order chi connectivity index (χ1) is 9.74. The smallest absolute Gasteiger partial charge is 0.169 e. The molecule has 112 valence electrons. The molecule has 0 amide bonds. The molecule has 0 unspecified atom stereocenters. The van der Waals surface area contributed by atoms with E-state index in [1.165, 1.54) is 22.9 Å². The van der Waals surface area contributed by atoms with E-state index in [-0.39, 0.29) is 6.29 Å². The molecule has 0 aliphatic heterocycles. The van der Waals surface area contributed by atoms with Crippen LogP contribution in [0.1, 0.15) is 38.2 Å². The maximum absolute atomic E-state index is 5.54. The number of ether oxygens (including phenoxy) is 2. The Bertz CT molecular complexity index is 401. The molecule has 1 fully saturated rings. The van der Waals surface area contributed by atoms with Crippen LogP contribution in [0.4, 0.5) is 0 Å². The third-order valence-corrected chi connectivity index (χ3v) is 4.48. The summed E-state index contributed by atoms with van der Waals surface area (Å²) in [6, 6.07) is 9.10. The molecular weight excluding hydrogens is 318 g/mol. The minimum atomic E-state index is -0.118. The summed E-state index contributed by atoms with van der Waals surface area (Å²) in [5, 5.41) is 3.54. The molecule has 4 heteroatoms. The van der Waals surface area contributed by atoms with Crippen LogP contribution < -0.4 is 5.32 Å². The fourth-order valence-electron chi connectivity index (χ4n) is 2.65. The molecular formula is C16H24BrNO2. The van der Waals surface area contributed by atoms with Crippen molar-refractivity contribution in [1.82, 2.24) is 5.32 Å². The van der Waals surface area contributed by atoms with E-state index >= 15 is 0 Å². The number of benzene rings is 1. The number of nitrogens with one attached hydrogen (secondary N) is 1. The van der Waals surface area contributed by atoms with Crippen LogP contribution in [0, 0.1) is 0 Å². The molecule has 1 saturated carbocycles. The molecule has 1 aromatic rings. The van der Waals surface area contributed by atoms with Crippen LogP contribution in [0.25, 0.3) is 0 Å². The molecule has 1 N–H and O–H groups in total. The Morgan fingerprint density at radius 1 is 1.20 bits per heavy atom. The van der Waals surface area contributed by atoms with Gasteiger partial charge < -0.3 is 14.8 Å². The van der Waals surface area contributed by atoms with Gasteiger partial charge >= 0.3 is 0 Å². The highest BCUT2D eigenvalue weighted by Crippen LogP contribution is 2.39. The molecule has 0 bridgehead atoms. The van der Waals surface area contributed by atoms with Gasteiger partial charge in [-0.2, -0.15) is 0 Å². The van der Waals surface area contributed by atoms with Gasteiger partial charge in [0.1, 0.15) is 0 Å². The zero-order chi connectivity index (χ0) is 14.4. The van der Waals surface area contributed by atoms with Crippen molar-refractivity contribution in [2.24, 2.45) is 0 Å². The van der Waals surface area contributed by atoms with Gasteiger partial charge in [-0.3, -0.25) is 0 Å². The lowest BCUT2D eigenvalue weighted by atomic mass is 9.76. The molecule has 0 heterocycles. The molecule has 2 rings (SSSR count). The number of halogens is 1. The molecule has 0 spiro atoms. The van der Waals surface area contributed by atoms with Crippen molar-refractivity contribution >= 4 is 15.9 Å². The first-order valence-corrected chi connectivity index (χ1v) is 8.24. The van der Waals surface area contributed by atoms with E-state index in [4.69, 9.17) is 9.47 Å². The first-order valence-electron chi connectivity index (χ1n) is 7.45. The summed E-state index contributed by atoms with van der Waals surface area (Å²) in [7, 11) is 0. The Labute approximate surface area is 130 Å². The Morgan fingerprint density at radius 2 is 1.85 bits per heavy atom. The van der Waals surface area contributed by atoms with Crippen LogP contribution in [0.2, 0.25) is 0 Å². The van der Waals surface area contributed by atoms with E-state index in [2.05, 4.69) is 45.5 Å². The summed E-state index contributed by atoms with van der Waals surface area (Å²) in [5.74, 6) is 0.667. The highest BCUT2D eigenvalue weighted by molar-refractivity contribution is 9.10. The molecule has 0 radical (unpaired) electrons. The lowest BCUT2D eigenvalue weighted by Gasteiger charge is -2.37. The number of rotatable bonds is 8. The molecule has 20 heavy (non-hydrogen) atoms. The van der Waals surface area contributed by atoms with Gasteiger partial charge in [0, 0.05) is 30.3 Å². The maximum Gasteiger partial charge on any atom is 0.169 e. The third-order valence-electron chi connectivity index (χ3n) is 3.76. The highest BCUT2D eigenvalue weighted by Gasteiger charge is 2.31. The normalized spacial score (nSPS) is 22.0. The van der Waals surface area contributed by atoms with Crippen molar-refractivity contribution in [3.63, 3.8) is 0 Å². The summed E-state index contributed by atoms with van der Waals surface area (Å²) < 4.78 is 12.3. The largest absolute Gasteiger partial charge is 0.352 e. The number of hydrogen-bond acceptors (Lipinski definition) is 3. The van der Waals surface area contributed by atoms with E-state index in [1.807, 2.05) is 13.8 Å². The fraction of sp³-hybridized carbons (Fsp3) is 0.625. The predicted octanol–water partition coefficient (Wildman–Crippen LogP) is 3.68. The van der Waals surface area contributed by atoms with Crippen molar-refractivity contribution in [2.75, 3.05) is 19.8 Å². The first kappa shape index (κ1) is 16.0. The lowest BCUT2D eigenvalue weighted by molar-refractivity contribution is -0.134. The molecule has 1 aliphatic carbocycles. The predicted molar refractivity (Wildman–Crippen MR) is 84.9 cm³/mol. The van der Waals surface area contributed by atoms with Gasteiger partial charge in [0.25, 0.3) is 0 Å². The second-order valence-corrected chi connectivity index (χ2v) is 5.99. The topological polar surface area (TPSA) is 30.5 Å². The lowest BCUT2D eigenvalue weighted by Crippen LogP contribution is -2.44. The second-order valence-electron chi connectivity index (χ2n) is 5.14. The van der Waals surface area contributed by atoms with Crippen LogP contribution >= 0.6 is 15.9 Å². The molecule has 0 saturated heterocycles. The van der Waals surface area contributed by atoms with Gasteiger partial charge in [-0.1, -0.05) is 34.1 Å². The fourth-order valence-corrected chi connectivity index (χ4v) is 3.25. The quantitative estimate of drug-likeness (QED) is 0.731. The Morgan fingerprint density at radius 3 is 2.45 bits per heavy atom. The van der Waals surface area contributed by atoms with E-state index in [0.29, 0.717) is 25.2 Å². The van der Waals surface area contributed by atoms with Gasteiger partial charge in [-0.05, 0) is 44.2 Å². The standard InChI is InChI=1S/C16H24BrNO2/c1-3-19-16(20-4-2)11-18-13-9-12(10-13)14-7-5-6-8-15(14)17/h5-8,12-13,16,18H,3-4,9-11H2,1-2H3. The van der Waals surface area contributed by atoms with Gasteiger partial charge in [-0.15, -0.1) is 0 Å². The monoisotopic (exact) mass is 341 g/mol. The maximum atomic E-state index is 5.54. The molecule has 3 nitrogen and oxygen atoms in total. The zero-order valence-corrected chi connectivity index (χ0v) is 13.9. The van der Waals surface area contributed by atoms with Crippen LogP contribution in [0.3, 0.4) is 0 Å². The number of hydrogen-bond donors (Lipinski definition) is 1. The highest BCUT2D eigenvalue weighted by atomic mass is 79.9. The Hall–Kier alpha value is -0.420. The Kier molecular flexibility index (Phi) is 6.49. The summed E-state index contributed by atoms with van der Waals surface area (Å²) in [6.45, 7) is 6.15. The second kappa shape index (κ2) is 8.13. The van der Waals surface area contributed by atoms with Gasteiger partial charge in [0.15, 0.2) is 6.29 Å². The summed E-state index contributed by atoms with van der Waals surface area (Å²) in [5.41, 5.74) is 1.43. The average molecular weight is 342 g/mol. The summed E-state index contributed by atoms with van der Waals surface area (Å²) in [6.07, 6.45) is 2.26. The van der Waals surface area contributed by atoms with Crippen molar-refractivity contribution < 1.29 is 9.47 Å². The zero-order valence-electron chi connectivity index (χ0n) is 12.3. The van der Waals surface area contributed by atoms with Gasteiger partial charge in [0.05, 0.1) is 0 Å². The molecule has 1 aliphatic rings. The van der Waals surface area contributed by atoms with E-state index in [1.54, 1.807) is 0 Å². The minimum Gasteiger partial charge on any atom is -0.352 e. The minimum absolute atomic E-state index is 0.118. The van der Waals surface area contributed by atoms with Crippen molar-refractivity contribution in [3.8, 4) is 0 Å². The molecule has 1 aromatic carbocycles. The SMILES string of the molecule is CCOC(CNC1CC(c2ccccc2Br)C1)OCC.